The lowest BCUT2D eigenvalue weighted by molar-refractivity contribution is -0.124. The summed E-state index contributed by atoms with van der Waals surface area (Å²) >= 11 is 0. The highest BCUT2D eigenvalue weighted by Crippen LogP contribution is 2.06. The van der Waals surface area contributed by atoms with E-state index in [1.807, 2.05) is 6.92 Å². The molecule has 142 valence electrons. The molecular formula is C20H39NO3. The number of ether oxygens (including phenoxy) is 1. The van der Waals surface area contributed by atoms with Crippen LogP contribution in [0.25, 0.3) is 0 Å². The molecule has 0 aliphatic heterocycles. The van der Waals surface area contributed by atoms with Crippen LogP contribution in [0.5, 0.6) is 0 Å². The van der Waals surface area contributed by atoms with Crippen molar-refractivity contribution in [2.24, 2.45) is 5.92 Å². The largest absolute Gasteiger partial charge is 0.381 e. The SMILES string of the molecule is CCCC(C)C(=O)NCCCCCCCOCCCCCC(C)=O. The average Bonchev–Trinajstić information content (AvgIpc) is 2.54. The molecule has 24 heavy (non-hydrogen) atoms. The molecule has 1 N–H and O–H groups in total. The van der Waals surface area contributed by atoms with Crippen molar-refractivity contribution in [2.45, 2.75) is 91.4 Å². The molecule has 0 aliphatic rings. The van der Waals surface area contributed by atoms with Crippen molar-refractivity contribution in [2.75, 3.05) is 19.8 Å². The fraction of sp³-hybridized carbons (Fsp3) is 0.900. The summed E-state index contributed by atoms with van der Waals surface area (Å²) in [4.78, 5) is 22.5. The van der Waals surface area contributed by atoms with Crippen LogP contribution < -0.4 is 5.32 Å². The van der Waals surface area contributed by atoms with Gasteiger partial charge < -0.3 is 14.8 Å². The first-order valence-electron chi connectivity index (χ1n) is 9.92. The number of unbranched alkanes of at least 4 members (excludes halogenated alkanes) is 6. The highest BCUT2D eigenvalue weighted by atomic mass is 16.5. The van der Waals surface area contributed by atoms with Crippen LogP contribution in [0.1, 0.15) is 91.4 Å². The number of carbonyl (C=O) groups is 2. The molecule has 0 aromatic carbocycles. The van der Waals surface area contributed by atoms with Crippen molar-refractivity contribution in [1.29, 1.82) is 0 Å². The molecule has 0 rings (SSSR count). The monoisotopic (exact) mass is 341 g/mol. The Morgan fingerprint density at radius 3 is 2.12 bits per heavy atom. The van der Waals surface area contributed by atoms with Crippen LogP contribution in [-0.2, 0) is 14.3 Å². The molecule has 4 nitrogen and oxygen atoms in total. The molecule has 1 unspecified atom stereocenters. The van der Waals surface area contributed by atoms with Gasteiger partial charge in [-0.1, -0.05) is 46.0 Å². The van der Waals surface area contributed by atoms with Crippen LogP contribution in [0.15, 0.2) is 0 Å². The molecule has 0 heterocycles. The third-order valence-corrected chi connectivity index (χ3v) is 4.25. The Labute approximate surface area is 149 Å². The predicted molar refractivity (Wildman–Crippen MR) is 100 cm³/mol. The minimum Gasteiger partial charge on any atom is -0.381 e. The van der Waals surface area contributed by atoms with E-state index in [-0.39, 0.29) is 17.6 Å². The average molecular weight is 342 g/mol. The second-order valence-corrected chi connectivity index (χ2v) is 6.87. The summed E-state index contributed by atoms with van der Waals surface area (Å²) in [5, 5.41) is 3.02. The van der Waals surface area contributed by atoms with E-state index in [1.165, 1.54) is 19.3 Å². The van der Waals surface area contributed by atoms with Gasteiger partial charge in [-0.3, -0.25) is 4.79 Å². The molecule has 0 saturated carbocycles. The number of ketones is 1. The van der Waals surface area contributed by atoms with Gasteiger partial charge >= 0.3 is 0 Å². The third-order valence-electron chi connectivity index (χ3n) is 4.25. The summed E-state index contributed by atoms with van der Waals surface area (Å²) < 4.78 is 5.61. The fourth-order valence-electron chi connectivity index (χ4n) is 2.67. The van der Waals surface area contributed by atoms with E-state index < -0.39 is 0 Å². The van der Waals surface area contributed by atoms with Crippen molar-refractivity contribution < 1.29 is 14.3 Å². The van der Waals surface area contributed by atoms with Crippen molar-refractivity contribution in [3.63, 3.8) is 0 Å². The van der Waals surface area contributed by atoms with E-state index >= 15 is 0 Å². The standard InChI is InChI=1S/C20H39NO3/c1-4-13-18(2)20(23)21-15-10-6-5-7-11-16-24-17-12-8-9-14-19(3)22/h18H,4-17H2,1-3H3,(H,21,23). The Morgan fingerprint density at radius 1 is 0.917 bits per heavy atom. The lowest BCUT2D eigenvalue weighted by Gasteiger charge is -2.10. The first-order valence-corrected chi connectivity index (χ1v) is 9.92. The van der Waals surface area contributed by atoms with Crippen molar-refractivity contribution >= 4 is 11.7 Å². The Hall–Kier alpha value is -0.900. The molecule has 0 aromatic heterocycles. The first-order chi connectivity index (χ1) is 11.6. The summed E-state index contributed by atoms with van der Waals surface area (Å²) in [6.45, 7) is 8.24. The number of rotatable bonds is 17. The highest BCUT2D eigenvalue weighted by molar-refractivity contribution is 5.78. The third kappa shape index (κ3) is 16.0. The maximum atomic E-state index is 11.7. The normalized spacial score (nSPS) is 12.1. The molecule has 0 spiro atoms. The van der Waals surface area contributed by atoms with Gasteiger partial charge in [-0.2, -0.15) is 0 Å². The molecular weight excluding hydrogens is 302 g/mol. The fourth-order valence-corrected chi connectivity index (χ4v) is 2.67. The highest BCUT2D eigenvalue weighted by Gasteiger charge is 2.10. The van der Waals surface area contributed by atoms with E-state index in [0.29, 0.717) is 6.42 Å². The van der Waals surface area contributed by atoms with Crippen LogP contribution in [-0.4, -0.2) is 31.4 Å². The second kappa shape index (κ2) is 16.9. The molecule has 0 aromatic rings. The van der Waals surface area contributed by atoms with Gasteiger partial charge in [-0.05, 0) is 39.0 Å². The van der Waals surface area contributed by atoms with Gasteiger partial charge in [0.2, 0.25) is 5.91 Å². The molecule has 4 heteroatoms. The quantitative estimate of drug-likeness (QED) is 0.392. The predicted octanol–water partition coefficient (Wildman–Crippen LogP) is 4.66. The van der Waals surface area contributed by atoms with E-state index in [0.717, 1.165) is 64.7 Å². The van der Waals surface area contributed by atoms with E-state index in [1.54, 1.807) is 6.92 Å². The van der Waals surface area contributed by atoms with Crippen LogP contribution >= 0.6 is 0 Å². The summed E-state index contributed by atoms with van der Waals surface area (Å²) in [7, 11) is 0. The molecule has 0 aliphatic carbocycles. The number of nitrogens with one attached hydrogen (secondary N) is 1. The zero-order valence-electron chi connectivity index (χ0n) is 16.2. The zero-order chi connectivity index (χ0) is 18.0. The summed E-state index contributed by atoms with van der Waals surface area (Å²) in [6, 6.07) is 0. The van der Waals surface area contributed by atoms with Gasteiger partial charge in [0.05, 0.1) is 0 Å². The van der Waals surface area contributed by atoms with Crippen LogP contribution in [0.4, 0.5) is 0 Å². The van der Waals surface area contributed by atoms with Crippen LogP contribution in [0.3, 0.4) is 0 Å². The molecule has 0 saturated heterocycles. The zero-order valence-corrected chi connectivity index (χ0v) is 16.2. The smallest absolute Gasteiger partial charge is 0.222 e. The van der Waals surface area contributed by atoms with Gasteiger partial charge in [-0.25, -0.2) is 0 Å². The maximum Gasteiger partial charge on any atom is 0.222 e. The number of carbonyl (C=O) groups excluding carboxylic acids is 2. The second-order valence-electron chi connectivity index (χ2n) is 6.87. The molecule has 1 amide bonds. The van der Waals surface area contributed by atoms with Crippen LogP contribution in [0, 0.1) is 5.92 Å². The Bertz CT molecular complexity index is 318. The van der Waals surface area contributed by atoms with Gasteiger partial charge in [0.15, 0.2) is 0 Å². The van der Waals surface area contributed by atoms with Gasteiger partial charge in [0.25, 0.3) is 0 Å². The Morgan fingerprint density at radius 2 is 1.50 bits per heavy atom. The molecule has 0 fully saturated rings. The first kappa shape index (κ1) is 23.1. The number of amides is 1. The Kier molecular flexibility index (Phi) is 16.3. The topological polar surface area (TPSA) is 55.4 Å². The Balaban J connectivity index is 3.18. The summed E-state index contributed by atoms with van der Waals surface area (Å²) in [5.41, 5.74) is 0. The minimum absolute atomic E-state index is 0.148. The van der Waals surface area contributed by atoms with Gasteiger partial charge in [-0.15, -0.1) is 0 Å². The number of hydrogen-bond donors (Lipinski definition) is 1. The lowest BCUT2D eigenvalue weighted by atomic mass is 10.1. The number of hydrogen-bond acceptors (Lipinski definition) is 3. The lowest BCUT2D eigenvalue weighted by Crippen LogP contribution is -2.29. The number of Topliss-reactive ketones (excluding diaryl/α,β-unsaturated/α-hetero) is 1. The van der Waals surface area contributed by atoms with Crippen LogP contribution in [0.2, 0.25) is 0 Å². The molecule has 0 bridgehead atoms. The maximum absolute atomic E-state index is 11.7. The summed E-state index contributed by atoms with van der Waals surface area (Å²) in [5.74, 6) is 0.633. The van der Waals surface area contributed by atoms with E-state index in [2.05, 4.69) is 12.2 Å². The molecule has 0 radical (unpaired) electrons. The molecule has 1 atom stereocenters. The minimum atomic E-state index is 0.148. The van der Waals surface area contributed by atoms with E-state index in [4.69, 9.17) is 4.74 Å². The summed E-state index contributed by atoms with van der Waals surface area (Å²) in [6.07, 6.45) is 11.7. The van der Waals surface area contributed by atoms with Gasteiger partial charge in [0, 0.05) is 32.1 Å². The van der Waals surface area contributed by atoms with Crippen molar-refractivity contribution in [1.82, 2.24) is 5.32 Å². The van der Waals surface area contributed by atoms with Gasteiger partial charge in [0.1, 0.15) is 5.78 Å². The van der Waals surface area contributed by atoms with Crippen molar-refractivity contribution in [3.05, 3.63) is 0 Å². The van der Waals surface area contributed by atoms with E-state index in [9.17, 15) is 9.59 Å². The van der Waals surface area contributed by atoms with Crippen molar-refractivity contribution in [3.8, 4) is 0 Å².